The smallest absolute Gasteiger partial charge is 0.319 e. The highest BCUT2D eigenvalue weighted by molar-refractivity contribution is 6.35. The summed E-state index contributed by atoms with van der Waals surface area (Å²) in [4.78, 5) is 11.7. The van der Waals surface area contributed by atoms with Gasteiger partial charge in [-0.25, -0.2) is 4.79 Å². The molecule has 1 atom stereocenters. The van der Waals surface area contributed by atoms with Gasteiger partial charge in [-0.1, -0.05) is 23.2 Å². The minimum Gasteiger partial charge on any atom is -0.467 e. The van der Waals surface area contributed by atoms with Gasteiger partial charge in [0.1, 0.15) is 11.9 Å². The highest BCUT2D eigenvalue weighted by Gasteiger charge is 2.12. The fourth-order valence-electron chi connectivity index (χ4n) is 1.57. The molecule has 0 fully saturated rings. The third-order valence-electron chi connectivity index (χ3n) is 2.45. The van der Waals surface area contributed by atoms with Gasteiger partial charge < -0.3 is 20.2 Å². The molecule has 2 aromatic rings. The van der Waals surface area contributed by atoms with Crippen molar-refractivity contribution in [2.45, 2.75) is 6.10 Å². The number of halogens is 2. The van der Waals surface area contributed by atoms with Crippen LogP contribution < -0.4 is 10.6 Å². The van der Waals surface area contributed by atoms with Gasteiger partial charge in [0.05, 0.1) is 12.8 Å². The molecule has 0 saturated carbocycles. The number of urea groups is 1. The van der Waals surface area contributed by atoms with E-state index in [1.807, 2.05) is 0 Å². The zero-order valence-corrected chi connectivity index (χ0v) is 11.8. The molecule has 0 aliphatic heterocycles. The van der Waals surface area contributed by atoms with Crippen LogP contribution in [0.2, 0.25) is 10.0 Å². The van der Waals surface area contributed by atoms with E-state index in [4.69, 9.17) is 27.6 Å². The fraction of sp³-hybridized carbons (Fsp3) is 0.154. The van der Waals surface area contributed by atoms with E-state index < -0.39 is 12.1 Å². The van der Waals surface area contributed by atoms with E-state index in [0.29, 0.717) is 21.5 Å². The van der Waals surface area contributed by atoms with Crippen molar-refractivity contribution in [2.24, 2.45) is 0 Å². The van der Waals surface area contributed by atoms with Gasteiger partial charge in [-0.05, 0) is 30.3 Å². The van der Waals surface area contributed by atoms with Gasteiger partial charge in [0.2, 0.25) is 0 Å². The van der Waals surface area contributed by atoms with E-state index in [9.17, 15) is 9.90 Å². The molecule has 1 aromatic carbocycles. The number of carbonyl (C=O) groups is 1. The second-order valence-corrected chi connectivity index (χ2v) is 4.90. The van der Waals surface area contributed by atoms with Crippen LogP contribution in [0.25, 0.3) is 0 Å². The van der Waals surface area contributed by atoms with Gasteiger partial charge in [-0.3, -0.25) is 0 Å². The van der Waals surface area contributed by atoms with E-state index in [1.165, 1.54) is 6.26 Å². The van der Waals surface area contributed by atoms with Crippen molar-refractivity contribution in [3.63, 3.8) is 0 Å². The number of aliphatic hydroxyl groups excluding tert-OH is 1. The van der Waals surface area contributed by atoms with Gasteiger partial charge in [0, 0.05) is 15.7 Å². The van der Waals surface area contributed by atoms with Crippen LogP contribution in [0.1, 0.15) is 11.9 Å². The van der Waals surface area contributed by atoms with Gasteiger partial charge in [-0.15, -0.1) is 0 Å². The number of hydrogen-bond donors (Lipinski definition) is 3. The average molecular weight is 315 g/mol. The number of hydrogen-bond acceptors (Lipinski definition) is 3. The van der Waals surface area contributed by atoms with Crippen molar-refractivity contribution >= 4 is 34.9 Å². The average Bonchev–Trinajstić information content (AvgIpc) is 2.88. The molecule has 0 aliphatic rings. The summed E-state index contributed by atoms with van der Waals surface area (Å²) in [7, 11) is 0. The van der Waals surface area contributed by atoms with Crippen LogP contribution in [0.3, 0.4) is 0 Å². The summed E-state index contributed by atoms with van der Waals surface area (Å²) >= 11 is 11.6. The van der Waals surface area contributed by atoms with Crippen LogP contribution in [0.4, 0.5) is 10.5 Å². The van der Waals surface area contributed by atoms with Crippen molar-refractivity contribution < 1.29 is 14.3 Å². The topological polar surface area (TPSA) is 74.5 Å². The molecule has 2 amide bonds. The van der Waals surface area contributed by atoms with Crippen molar-refractivity contribution in [3.8, 4) is 0 Å². The summed E-state index contributed by atoms with van der Waals surface area (Å²) in [5.74, 6) is 0.385. The fourth-order valence-corrected chi connectivity index (χ4v) is 2.10. The summed E-state index contributed by atoms with van der Waals surface area (Å²) in [6.07, 6.45) is 0.547. The molecule has 0 spiro atoms. The normalized spacial score (nSPS) is 11.9. The third kappa shape index (κ3) is 4.16. The summed E-state index contributed by atoms with van der Waals surface area (Å²) in [6.45, 7) is 0.0215. The van der Waals surface area contributed by atoms with Crippen molar-refractivity contribution in [3.05, 3.63) is 52.4 Å². The van der Waals surface area contributed by atoms with Crippen molar-refractivity contribution in [1.29, 1.82) is 0 Å². The number of amides is 2. The number of rotatable bonds is 4. The Kier molecular flexibility index (Phi) is 4.89. The molecule has 0 saturated heterocycles. The van der Waals surface area contributed by atoms with Crippen LogP contribution >= 0.6 is 23.2 Å². The van der Waals surface area contributed by atoms with Crippen LogP contribution in [0.5, 0.6) is 0 Å². The quantitative estimate of drug-likeness (QED) is 0.809. The Hall–Kier alpha value is -1.69. The van der Waals surface area contributed by atoms with E-state index in [2.05, 4.69) is 10.6 Å². The Bertz CT molecular complexity index is 567. The van der Waals surface area contributed by atoms with Crippen molar-refractivity contribution in [1.82, 2.24) is 5.32 Å². The van der Waals surface area contributed by atoms with E-state index >= 15 is 0 Å². The molecule has 2 rings (SSSR count). The Balaban J connectivity index is 1.86. The summed E-state index contributed by atoms with van der Waals surface area (Å²) in [6, 6.07) is 7.50. The number of aliphatic hydroxyl groups is 1. The summed E-state index contributed by atoms with van der Waals surface area (Å²) < 4.78 is 5.02. The number of anilines is 1. The molecule has 3 N–H and O–H groups in total. The maximum Gasteiger partial charge on any atom is 0.319 e. The van der Waals surface area contributed by atoms with E-state index in [0.717, 1.165) is 0 Å². The highest BCUT2D eigenvalue weighted by Crippen LogP contribution is 2.22. The number of benzene rings is 1. The number of furan rings is 1. The standard InChI is InChI=1S/C13H12Cl2N2O3/c14-8-4-9(15)6-10(5-8)17-13(19)16-7-11(18)12-2-1-3-20-12/h1-6,11,18H,7H2,(H2,16,17,19). The van der Waals surface area contributed by atoms with E-state index in [-0.39, 0.29) is 6.54 Å². The SMILES string of the molecule is O=C(NCC(O)c1ccco1)Nc1cc(Cl)cc(Cl)c1. The Morgan fingerprint density at radius 1 is 1.30 bits per heavy atom. The second kappa shape index (κ2) is 6.65. The lowest BCUT2D eigenvalue weighted by atomic mass is 10.3. The molecule has 20 heavy (non-hydrogen) atoms. The first-order valence-corrected chi connectivity index (χ1v) is 6.52. The lowest BCUT2D eigenvalue weighted by Crippen LogP contribution is -2.32. The molecule has 1 unspecified atom stereocenters. The largest absolute Gasteiger partial charge is 0.467 e. The zero-order chi connectivity index (χ0) is 14.5. The minimum absolute atomic E-state index is 0.0215. The molecule has 0 radical (unpaired) electrons. The highest BCUT2D eigenvalue weighted by atomic mass is 35.5. The van der Waals surface area contributed by atoms with Crippen LogP contribution in [-0.2, 0) is 0 Å². The zero-order valence-electron chi connectivity index (χ0n) is 10.3. The lowest BCUT2D eigenvalue weighted by Gasteiger charge is -2.11. The minimum atomic E-state index is -0.904. The molecule has 106 valence electrons. The molecule has 1 aromatic heterocycles. The predicted molar refractivity (Wildman–Crippen MR) is 77.2 cm³/mol. The first-order chi connectivity index (χ1) is 9.54. The predicted octanol–water partition coefficient (Wildman–Crippen LogP) is 3.44. The van der Waals surface area contributed by atoms with Crippen molar-refractivity contribution in [2.75, 3.05) is 11.9 Å². The Labute approximate surface area is 125 Å². The van der Waals surface area contributed by atoms with Gasteiger partial charge in [-0.2, -0.15) is 0 Å². The first kappa shape index (κ1) is 14.7. The monoisotopic (exact) mass is 314 g/mol. The van der Waals surface area contributed by atoms with Crippen LogP contribution in [0.15, 0.2) is 41.0 Å². The molecule has 0 aliphatic carbocycles. The van der Waals surface area contributed by atoms with Gasteiger partial charge in [0.25, 0.3) is 0 Å². The maximum atomic E-state index is 11.7. The van der Waals surface area contributed by atoms with Crippen LogP contribution in [-0.4, -0.2) is 17.7 Å². The third-order valence-corrected chi connectivity index (χ3v) is 2.88. The maximum absolute atomic E-state index is 11.7. The summed E-state index contributed by atoms with van der Waals surface area (Å²) in [5.41, 5.74) is 0.465. The Morgan fingerprint density at radius 2 is 2.00 bits per heavy atom. The Morgan fingerprint density at radius 3 is 2.60 bits per heavy atom. The summed E-state index contributed by atoms with van der Waals surface area (Å²) in [5, 5.41) is 15.6. The second-order valence-electron chi connectivity index (χ2n) is 4.02. The van der Waals surface area contributed by atoms with Crippen LogP contribution in [0, 0.1) is 0 Å². The number of nitrogens with one attached hydrogen (secondary N) is 2. The van der Waals surface area contributed by atoms with Gasteiger partial charge in [0.15, 0.2) is 0 Å². The molecule has 0 bridgehead atoms. The molecular weight excluding hydrogens is 303 g/mol. The molecule has 7 heteroatoms. The molecule has 5 nitrogen and oxygen atoms in total. The first-order valence-electron chi connectivity index (χ1n) is 5.77. The molecular formula is C13H12Cl2N2O3. The van der Waals surface area contributed by atoms with Gasteiger partial charge >= 0.3 is 6.03 Å². The molecule has 1 heterocycles. The number of carbonyl (C=O) groups excluding carboxylic acids is 1. The lowest BCUT2D eigenvalue weighted by molar-refractivity contribution is 0.149. The van der Waals surface area contributed by atoms with E-state index in [1.54, 1.807) is 30.3 Å².